The Morgan fingerprint density at radius 2 is 2.11 bits per heavy atom. The number of rotatable bonds is 7. The summed E-state index contributed by atoms with van der Waals surface area (Å²) < 4.78 is 27.2. The number of ether oxygens (including phenoxy) is 2. The number of imidazole rings is 1. The number of aromatic nitrogens is 3. The standard InChI is InChI=1S/C26H23FN6O5/c1-16(34)29-12-20-13-33(26(36)38-20)19-4-5-21(22(27)10-19)18-6-8-32-14-23(30-24(32)9-18)31-25(35)37-15-17-3-2-7-28-11-17/h2-11,14,20H,12-13,15H2,1H3,(H,29,34)(H,31,35)/t20-/m0/s1. The molecule has 1 aliphatic heterocycles. The Morgan fingerprint density at radius 1 is 1.24 bits per heavy atom. The minimum absolute atomic E-state index is 0.0670. The molecule has 0 spiro atoms. The number of halogens is 1. The molecule has 4 heterocycles. The number of nitrogens with zero attached hydrogens (tertiary/aromatic N) is 4. The minimum atomic E-state index is -0.668. The number of anilines is 2. The maximum atomic E-state index is 15.1. The van der Waals surface area contributed by atoms with Crippen LogP contribution in [0.5, 0.6) is 0 Å². The fraction of sp³-hybridized carbons (Fsp3) is 0.192. The van der Waals surface area contributed by atoms with Crippen LogP contribution in [-0.4, -0.2) is 51.7 Å². The molecule has 0 saturated carbocycles. The molecule has 0 unspecified atom stereocenters. The third-order valence-corrected chi connectivity index (χ3v) is 5.81. The molecule has 1 saturated heterocycles. The Balaban J connectivity index is 1.26. The maximum Gasteiger partial charge on any atom is 0.414 e. The summed E-state index contributed by atoms with van der Waals surface area (Å²) >= 11 is 0. The topological polar surface area (TPSA) is 127 Å². The van der Waals surface area contributed by atoms with Gasteiger partial charge in [-0.2, -0.15) is 0 Å². The molecule has 2 N–H and O–H groups in total. The predicted octanol–water partition coefficient (Wildman–Crippen LogP) is 3.75. The van der Waals surface area contributed by atoms with E-state index in [0.29, 0.717) is 22.5 Å². The second kappa shape index (κ2) is 10.5. The molecule has 3 amide bonds. The molecule has 5 rings (SSSR count). The van der Waals surface area contributed by atoms with E-state index in [4.69, 9.17) is 9.47 Å². The number of amides is 3. The SMILES string of the molecule is CC(=O)NC[C@H]1CN(c2ccc(-c3ccn4cc(NC(=O)OCc5cccnc5)nc4c3)c(F)c2)C(=O)O1. The zero-order chi connectivity index (χ0) is 26.6. The molecule has 0 radical (unpaired) electrons. The first-order chi connectivity index (χ1) is 18.4. The molecule has 1 aliphatic rings. The number of hydrogen-bond donors (Lipinski definition) is 2. The number of benzene rings is 1. The number of carbonyl (C=O) groups is 3. The molecule has 1 atom stereocenters. The van der Waals surface area contributed by atoms with Gasteiger partial charge in [0.15, 0.2) is 5.82 Å². The van der Waals surface area contributed by atoms with Crippen molar-refractivity contribution in [2.75, 3.05) is 23.3 Å². The van der Waals surface area contributed by atoms with Crippen LogP contribution in [0.25, 0.3) is 16.8 Å². The first-order valence-electron chi connectivity index (χ1n) is 11.7. The average Bonchev–Trinajstić information content (AvgIpc) is 3.48. The van der Waals surface area contributed by atoms with E-state index < -0.39 is 24.1 Å². The second-order valence-corrected chi connectivity index (χ2v) is 8.59. The molecule has 194 valence electrons. The normalized spacial score (nSPS) is 14.8. The van der Waals surface area contributed by atoms with Gasteiger partial charge in [0.05, 0.1) is 25.0 Å². The first-order valence-corrected chi connectivity index (χ1v) is 11.7. The van der Waals surface area contributed by atoms with Crippen LogP contribution in [0.15, 0.2) is 67.3 Å². The summed E-state index contributed by atoms with van der Waals surface area (Å²) in [6.45, 7) is 1.82. The van der Waals surface area contributed by atoms with Gasteiger partial charge in [-0.15, -0.1) is 0 Å². The molecule has 11 nitrogen and oxygen atoms in total. The summed E-state index contributed by atoms with van der Waals surface area (Å²) in [5.74, 6) is -0.489. The van der Waals surface area contributed by atoms with Gasteiger partial charge in [-0.25, -0.2) is 19.0 Å². The lowest BCUT2D eigenvalue weighted by molar-refractivity contribution is -0.119. The van der Waals surface area contributed by atoms with Crippen molar-refractivity contribution in [2.24, 2.45) is 0 Å². The van der Waals surface area contributed by atoms with Crippen molar-refractivity contribution in [1.29, 1.82) is 0 Å². The summed E-state index contributed by atoms with van der Waals surface area (Å²) in [5, 5.41) is 5.18. The molecular weight excluding hydrogens is 495 g/mol. The van der Waals surface area contributed by atoms with Gasteiger partial charge in [-0.1, -0.05) is 6.07 Å². The lowest BCUT2D eigenvalue weighted by atomic mass is 10.1. The Morgan fingerprint density at radius 3 is 2.87 bits per heavy atom. The molecule has 1 aromatic carbocycles. The number of pyridine rings is 2. The van der Waals surface area contributed by atoms with Gasteiger partial charge in [0.2, 0.25) is 5.91 Å². The van der Waals surface area contributed by atoms with Gasteiger partial charge in [-0.05, 0) is 42.0 Å². The van der Waals surface area contributed by atoms with Crippen molar-refractivity contribution in [3.8, 4) is 11.1 Å². The van der Waals surface area contributed by atoms with Crippen molar-refractivity contribution in [3.05, 3.63) is 78.6 Å². The summed E-state index contributed by atoms with van der Waals surface area (Å²) in [6.07, 6.45) is 4.75. The summed E-state index contributed by atoms with van der Waals surface area (Å²) in [7, 11) is 0. The quantitative estimate of drug-likeness (QED) is 0.382. The Labute approximate surface area is 216 Å². The highest BCUT2D eigenvalue weighted by molar-refractivity contribution is 5.90. The number of carbonyl (C=O) groups excluding carboxylic acids is 3. The molecule has 1 fully saturated rings. The summed E-state index contributed by atoms with van der Waals surface area (Å²) in [4.78, 5) is 45.2. The van der Waals surface area contributed by atoms with Crippen molar-refractivity contribution in [3.63, 3.8) is 0 Å². The highest BCUT2D eigenvalue weighted by Gasteiger charge is 2.32. The van der Waals surface area contributed by atoms with Gasteiger partial charge >= 0.3 is 12.2 Å². The van der Waals surface area contributed by atoms with Gasteiger partial charge in [0.1, 0.15) is 24.2 Å². The van der Waals surface area contributed by atoms with Gasteiger partial charge in [0, 0.05) is 36.6 Å². The van der Waals surface area contributed by atoms with Crippen LogP contribution in [0, 0.1) is 5.82 Å². The first kappa shape index (κ1) is 24.7. The van der Waals surface area contributed by atoms with Crippen LogP contribution in [0.2, 0.25) is 0 Å². The molecule has 0 aliphatic carbocycles. The molecule has 0 bridgehead atoms. The molecule has 38 heavy (non-hydrogen) atoms. The highest BCUT2D eigenvalue weighted by atomic mass is 19.1. The van der Waals surface area contributed by atoms with Gasteiger partial charge in [-0.3, -0.25) is 20.0 Å². The molecule has 3 aromatic heterocycles. The van der Waals surface area contributed by atoms with E-state index in [2.05, 4.69) is 20.6 Å². The zero-order valence-corrected chi connectivity index (χ0v) is 20.3. The summed E-state index contributed by atoms with van der Waals surface area (Å²) in [6, 6.07) is 11.4. The molecule has 4 aromatic rings. The summed E-state index contributed by atoms with van der Waals surface area (Å²) in [5.41, 5.74) is 2.45. The number of nitrogens with one attached hydrogen (secondary N) is 2. The Kier molecular flexibility index (Phi) is 6.85. The fourth-order valence-electron chi connectivity index (χ4n) is 3.98. The van der Waals surface area contributed by atoms with Crippen LogP contribution >= 0.6 is 0 Å². The predicted molar refractivity (Wildman–Crippen MR) is 135 cm³/mol. The van der Waals surface area contributed by atoms with Crippen molar-refractivity contribution in [2.45, 2.75) is 19.6 Å². The Hall–Kier alpha value is -5.00. The number of hydrogen-bond acceptors (Lipinski definition) is 7. The smallest absolute Gasteiger partial charge is 0.414 e. The van der Waals surface area contributed by atoms with Crippen LogP contribution in [0.1, 0.15) is 12.5 Å². The molecule has 12 heteroatoms. The van der Waals surface area contributed by atoms with E-state index in [1.807, 2.05) is 0 Å². The number of cyclic esters (lactones) is 1. The van der Waals surface area contributed by atoms with E-state index in [9.17, 15) is 14.4 Å². The van der Waals surface area contributed by atoms with E-state index in [1.165, 1.54) is 17.9 Å². The van der Waals surface area contributed by atoms with Crippen LogP contribution < -0.4 is 15.5 Å². The maximum absolute atomic E-state index is 15.1. The van der Waals surface area contributed by atoms with Crippen molar-refractivity contribution < 1.29 is 28.2 Å². The van der Waals surface area contributed by atoms with E-state index >= 15 is 4.39 Å². The van der Waals surface area contributed by atoms with Crippen LogP contribution in [-0.2, 0) is 20.9 Å². The van der Waals surface area contributed by atoms with Crippen LogP contribution in [0.4, 0.5) is 25.5 Å². The minimum Gasteiger partial charge on any atom is -0.444 e. The number of fused-ring (bicyclic) bond motifs is 1. The largest absolute Gasteiger partial charge is 0.444 e. The lowest BCUT2D eigenvalue weighted by Crippen LogP contribution is -2.33. The Bertz CT molecular complexity index is 1510. The molecular formula is C26H23FN6O5. The van der Waals surface area contributed by atoms with E-state index in [0.717, 1.165) is 5.56 Å². The monoisotopic (exact) mass is 518 g/mol. The van der Waals surface area contributed by atoms with Gasteiger partial charge in [0.25, 0.3) is 0 Å². The lowest BCUT2D eigenvalue weighted by Gasteiger charge is -2.14. The second-order valence-electron chi connectivity index (χ2n) is 8.59. The van der Waals surface area contributed by atoms with Gasteiger partial charge < -0.3 is 19.2 Å². The van der Waals surface area contributed by atoms with Crippen molar-refractivity contribution >= 4 is 35.2 Å². The van der Waals surface area contributed by atoms with E-state index in [1.54, 1.807) is 65.6 Å². The fourth-order valence-corrected chi connectivity index (χ4v) is 3.98. The van der Waals surface area contributed by atoms with Crippen LogP contribution in [0.3, 0.4) is 0 Å². The third-order valence-electron chi connectivity index (χ3n) is 5.81. The third kappa shape index (κ3) is 5.53. The zero-order valence-electron chi connectivity index (χ0n) is 20.3. The average molecular weight is 519 g/mol. The highest BCUT2D eigenvalue weighted by Crippen LogP contribution is 2.30. The van der Waals surface area contributed by atoms with Crippen molar-refractivity contribution in [1.82, 2.24) is 19.7 Å². The van der Waals surface area contributed by atoms with E-state index in [-0.39, 0.29) is 31.4 Å².